The molecule has 1 aliphatic carbocycles. The minimum absolute atomic E-state index is 0.0213. The highest BCUT2D eigenvalue weighted by molar-refractivity contribution is 5.04. The summed E-state index contributed by atoms with van der Waals surface area (Å²) in [6.07, 6.45) is 2.95. The lowest BCUT2D eigenvalue weighted by Gasteiger charge is -2.14. The molecule has 1 fully saturated rings. The molecule has 0 aliphatic heterocycles. The van der Waals surface area contributed by atoms with E-state index >= 15 is 0 Å². The number of aliphatic hydroxyl groups is 2. The maximum Gasteiger partial charge on any atom is 0.0690 e. The Morgan fingerprint density at radius 2 is 1.82 bits per heavy atom. The Balaban J connectivity index is 2.69. The second-order valence-corrected chi connectivity index (χ2v) is 3.01. The highest BCUT2D eigenvalue weighted by Crippen LogP contribution is 2.32. The van der Waals surface area contributed by atoms with E-state index in [-0.39, 0.29) is 11.8 Å². The number of aliphatic hydroxyl groups excluding tert-OH is 2. The third-order valence-electron chi connectivity index (χ3n) is 2.37. The van der Waals surface area contributed by atoms with Crippen LogP contribution in [-0.2, 0) is 0 Å². The molecule has 0 saturated heterocycles. The second kappa shape index (κ2) is 3.20. The van der Waals surface area contributed by atoms with Gasteiger partial charge in [-0.15, -0.1) is 13.2 Å². The summed E-state index contributed by atoms with van der Waals surface area (Å²) in [5.41, 5.74) is 0. The van der Waals surface area contributed by atoms with E-state index in [1.165, 1.54) is 0 Å². The molecule has 1 aliphatic rings. The van der Waals surface area contributed by atoms with Gasteiger partial charge in [-0.3, -0.25) is 0 Å². The Morgan fingerprint density at radius 3 is 2.09 bits per heavy atom. The summed E-state index contributed by atoms with van der Waals surface area (Å²) < 4.78 is 0. The minimum Gasteiger partial charge on any atom is -0.392 e. The molecular weight excluding hydrogens is 140 g/mol. The first-order valence-electron chi connectivity index (χ1n) is 3.82. The average Bonchev–Trinajstić information content (AvgIpc) is 2.26. The van der Waals surface area contributed by atoms with E-state index in [4.69, 9.17) is 0 Å². The van der Waals surface area contributed by atoms with E-state index in [0.717, 1.165) is 0 Å². The van der Waals surface area contributed by atoms with Gasteiger partial charge in [0.05, 0.1) is 12.2 Å². The third kappa shape index (κ3) is 1.37. The maximum absolute atomic E-state index is 9.52. The van der Waals surface area contributed by atoms with Crippen LogP contribution in [0, 0.1) is 11.8 Å². The summed E-state index contributed by atoms with van der Waals surface area (Å²) in [6.45, 7) is 7.15. The number of hydrogen-bond acceptors (Lipinski definition) is 2. The molecule has 0 aromatic carbocycles. The molecule has 0 amide bonds. The fraction of sp³-hybridized carbons (Fsp3) is 0.556. The summed E-state index contributed by atoms with van der Waals surface area (Å²) in [6, 6.07) is 0. The largest absolute Gasteiger partial charge is 0.392 e. The zero-order valence-electron chi connectivity index (χ0n) is 6.48. The van der Waals surface area contributed by atoms with E-state index < -0.39 is 12.2 Å². The van der Waals surface area contributed by atoms with Crippen molar-refractivity contribution >= 4 is 0 Å². The molecule has 11 heavy (non-hydrogen) atoms. The molecule has 0 heterocycles. The monoisotopic (exact) mass is 154 g/mol. The van der Waals surface area contributed by atoms with Gasteiger partial charge in [0.2, 0.25) is 0 Å². The summed E-state index contributed by atoms with van der Waals surface area (Å²) in [5, 5.41) is 18.9. The Hall–Kier alpha value is -0.600. The molecular formula is C9H14O2. The van der Waals surface area contributed by atoms with Gasteiger partial charge in [0, 0.05) is 11.8 Å². The van der Waals surface area contributed by atoms with Crippen molar-refractivity contribution in [3.05, 3.63) is 25.3 Å². The fourth-order valence-corrected chi connectivity index (χ4v) is 1.62. The second-order valence-electron chi connectivity index (χ2n) is 3.01. The minimum atomic E-state index is -0.500. The van der Waals surface area contributed by atoms with Crippen molar-refractivity contribution in [1.82, 2.24) is 0 Å². The van der Waals surface area contributed by atoms with Crippen molar-refractivity contribution in [3.8, 4) is 0 Å². The standard InChI is InChI=1S/C9H14O2/c1-3-6-5-8(10)7(4-2)9(6)11/h3-4,6-11H,1-2,5H2/t6-,7+,8-,9+/m1/s1. The SMILES string of the molecule is C=C[C@@H]1[C@@H](O)[C@H](C=C)C[C@H]1O. The third-order valence-corrected chi connectivity index (χ3v) is 2.37. The number of hydrogen-bond donors (Lipinski definition) is 2. The van der Waals surface area contributed by atoms with Gasteiger partial charge in [-0.2, -0.15) is 0 Å². The summed E-state index contributed by atoms with van der Waals surface area (Å²) >= 11 is 0. The predicted octanol–water partition coefficient (Wildman–Crippen LogP) is 0.716. The summed E-state index contributed by atoms with van der Waals surface area (Å²) in [7, 11) is 0. The van der Waals surface area contributed by atoms with Crippen molar-refractivity contribution in [2.75, 3.05) is 0 Å². The van der Waals surface area contributed by atoms with Crippen molar-refractivity contribution in [2.45, 2.75) is 18.6 Å². The highest BCUT2D eigenvalue weighted by Gasteiger charge is 2.37. The van der Waals surface area contributed by atoms with Gasteiger partial charge < -0.3 is 10.2 Å². The quantitative estimate of drug-likeness (QED) is 0.575. The van der Waals surface area contributed by atoms with Crippen molar-refractivity contribution in [3.63, 3.8) is 0 Å². The zero-order chi connectivity index (χ0) is 8.43. The molecule has 1 saturated carbocycles. The Bertz CT molecular complexity index is 165. The number of rotatable bonds is 2. The van der Waals surface area contributed by atoms with E-state index in [1.807, 2.05) is 0 Å². The maximum atomic E-state index is 9.52. The van der Waals surface area contributed by atoms with Crippen LogP contribution in [-0.4, -0.2) is 22.4 Å². The normalized spacial score (nSPS) is 43.8. The molecule has 0 aromatic rings. The van der Waals surface area contributed by atoms with Crippen molar-refractivity contribution in [2.24, 2.45) is 11.8 Å². The van der Waals surface area contributed by atoms with Gasteiger partial charge in [0.1, 0.15) is 0 Å². The van der Waals surface area contributed by atoms with Gasteiger partial charge in [-0.25, -0.2) is 0 Å². The van der Waals surface area contributed by atoms with Crippen LogP contribution in [0.15, 0.2) is 25.3 Å². The molecule has 0 bridgehead atoms. The smallest absolute Gasteiger partial charge is 0.0690 e. The lowest BCUT2D eigenvalue weighted by molar-refractivity contribution is 0.0852. The first kappa shape index (κ1) is 8.50. The lowest BCUT2D eigenvalue weighted by Crippen LogP contribution is -2.22. The van der Waals surface area contributed by atoms with Crippen LogP contribution in [0.2, 0.25) is 0 Å². The van der Waals surface area contributed by atoms with Crippen LogP contribution in [0.1, 0.15) is 6.42 Å². The highest BCUT2D eigenvalue weighted by atomic mass is 16.3. The molecule has 4 atom stereocenters. The van der Waals surface area contributed by atoms with Gasteiger partial charge in [-0.1, -0.05) is 12.2 Å². The summed E-state index contributed by atoms with van der Waals surface area (Å²) in [5.74, 6) is -0.161. The first-order valence-corrected chi connectivity index (χ1v) is 3.82. The molecule has 0 aromatic heterocycles. The van der Waals surface area contributed by atoms with Gasteiger partial charge in [-0.05, 0) is 6.42 Å². The van der Waals surface area contributed by atoms with E-state index in [2.05, 4.69) is 13.2 Å². The van der Waals surface area contributed by atoms with Crippen LogP contribution in [0.3, 0.4) is 0 Å². The Labute approximate surface area is 66.9 Å². The van der Waals surface area contributed by atoms with Gasteiger partial charge in [0.15, 0.2) is 0 Å². The van der Waals surface area contributed by atoms with E-state index in [0.29, 0.717) is 6.42 Å². The fourth-order valence-electron chi connectivity index (χ4n) is 1.62. The van der Waals surface area contributed by atoms with Gasteiger partial charge >= 0.3 is 0 Å². The van der Waals surface area contributed by atoms with E-state index in [9.17, 15) is 10.2 Å². The molecule has 62 valence electrons. The Kier molecular flexibility index (Phi) is 2.47. The van der Waals surface area contributed by atoms with Crippen LogP contribution >= 0.6 is 0 Å². The summed E-state index contributed by atoms with van der Waals surface area (Å²) in [4.78, 5) is 0. The molecule has 2 nitrogen and oxygen atoms in total. The van der Waals surface area contributed by atoms with Crippen LogP contribution in [0.25, 0.3) is 0 Å². The average molecular weight is 154 g/mol. The predicted molar refractivity (Wildman–Crippen MR) is 44.0 cm³/mol. The zero-order valence-corrected chi connectivity index (χ0v) is 6.48. The molecule has 0 unspecified atom stereocenters. The van der Waals surface area contributed by atoms with Crippen LogP contribution < -0.4 is 0 Å². The van der Waals surface area contributed by atoms with E-state index in [1.54, 1.807) is 12.2 Å². The molecule has 0 radical (unpaired) electrons. The Morgan fingerprint density at radius 1 is 1.18 bits per heavy atom. The van der Waals surface area contributed by atoms with Crippen LogP contribution in [0.5, 0.6) is 0 Å². The first-order chi connectivity index (χ1) is 5.20. The lowest BCUT2D eigenvalue weighted by atomic mass is 10.0. The van der Waals surface area contributed by atoms with Gasteiger partial charge in [0.25, 0.3) is 0 Å². The van der Waals surface area contributed by atoms with Crippen LogP contribution in [0.4, 0.5) is 0 Å². The topological polar surface area (TPSA) is 40.5 Å². The molecule has 2 N–H and O–H groups in total. The molecule has 0 spiro atoms. The molecule has 2 heteroatoms. The van der Waals surface area contributed by atoms with Crippen molar-refractivity contribution in [1.29, 1.82) is 0 Å². The van der Waals surface area contributed by atoms with Crippen molar-refractivity contribution < 1.29 is 10.2 Å². The molecule has 1 rings (SSSR count).